The molecule has 2 N–H and O–H groups in total. The van der Waals surface area contributed by atoms with Gasteiger partial charge in [0.05, 0.1) is 0 Å². The smallest absolute Gasteiger partial charge is 0.344 e. The lowest BCUT2D eigenvalue weighted by Crippen LogP contribution is -2.48. The third-order valence-corrected chi connectivity index (χ3v) is 4.43. The Bertz CT molecular complexity index is 652. The van der Waals surface area contributed by atoms with E-state index in [4.69, 9.17) is 21.1 Å². The minimum atomic E-state index is -0.721. The Morgan fingerprint density at radius 1 is 1.19 bits per heavy atom. The number of esters is 1. The van der Waals surface area contributed by atoms with Gasteiger partial charge in [-0.2, -0.15) is 0 Å². The number of nitrogens with one attached hydrogen (secondary N) is 2. The standard InChI is InChI=1S/C18H23ClN2O5/c1-12-5-2-3-8-15(12)20-18(24)21-16(22)10-26-17(23)11-25-14-7-4-6-13(19)9-14/h4,6-7,9,12,15H,2-3,5,8,10-11H2,1H3,(H2,20,21,22,24)/t12-,15+/m1/s1. The summed E-state index contributed by atoms with van der Waals surface area (Å²) in [6.45, 7) is 1.17. The summed E-state index contributed by atoms with van der Waals surface area (Å²) in [6, 6.07) is 6.05. The fourth-order valence-corrected chi connectivity index (χ4v) is 2.96. The summed E-state index contributed by atoms with van der Waals surface area (Å²) in [5.41, 5.74) is 0. The van der Waals surface area contributed by atoms with Gasteiger partial charge in [0.25, 0.3) is 5.91 Å². The molecule has 0 spiro atoms. The van der Waals surface area contributed by atoms with Crippen LogP contribution in [0.15, 0.2) is 24.3 Å². The van der Waals surface area contributed by atoms with Crippen LogP contribution in [0.25, 0.3) is 0 Å². The SMILES string of the molecule is C[C@@H]1CCCC[C@@H]1NC(=O)NC(=O)COC(=O)COc1cccc(Cl)c1. The molecule has 1 aromatic carbocycles. The Hall–Kier alpha value is -2.28. The van der Waals surface area contributed by atoms with Gasteiger partial charge in [-0.15, -0.1) is 0 Å². The predicted octanol–water partition coefficient (Wildman–Crippen LogP) is 2.67. The molecule has 0 aromatic heterocycles. The Morgan fingerprint density at radius 3 is 2.69 bits per heavy atom. The van der Waals surface area contributed by atoms with E-state index in [0.29, 0.717) is 16.7 Å². The highest BCUT2D eigenvalue weighted by Crippen LogP contribution is 2.23. The van der Waals surface area contributed by atoms with Crippen LogP contribution >= 0.6 is 11.6 Å². The summed E-state index contributed by atoms with van der Waals surface area (Å²) in [7, 11) is 0. The second-order valence-corrected chi connectivity index (χ2v) is 6.73. The molecule has 1 saturated carbocycles. The number of hydrogen-bond donors (Lipinski definition) is 2. The van der Waals surface area contributed by atoms with E-state index < -0.39 is 24.5 Å². The number of hydrogen-bond acceptors (Lipinski definition) is 5. The maximum absolute atomic E-state index is 11.8. The van der Waals surface area contributed by atoms with Crippen molar-refractivity contribution >= 4 is 29.5 Å². The molecule has 1 aliphatic carbocycles. The molecule has 2 rings (SSSR count). The average Bonchev–Trinajstić information content (AvgIpc) is 2.60. The molecule has 8 heteroatoms. The second kappa shape index (κ2) is 10.0. The lowest BCUT2D eigenvalue weighted by molar-refractivity contribution is -0.150. The fourth-order valence-electron chi connectivity index (χ4n) is 2.78. The topological polar surface area (TPSA) is 93.7 Å². The van der Waals surface area contributed by atoms with Gasteiger partial charge in [-0.1, -0.05) is 37.4 Å². The van der Waals surface area contributed by atoms with Gasteiger partial charge in [-0.05, 0) is 37.0 Å². The zero-order valence-corrected chi connectivity index (χ0v) is 15.4. The van der Waals surface area contributed by atoms with Gasteiger partial charge in [0, 0.05) is 11.1 Å². The molecule has 3 amide bonds. The first-order valence-corrected chi connectivity index (χ1v) is 8.96. The molecule has 26 heavy (non-hydrogen) atoms. The van der Waals surface area contributed by atoms with E-state index in [9.17, 15) is 14.4 Å². The maximum atomic E-state index is 11.8. The highest BCUT2D eigenvalue weighted by molar-refractivity contribution is 6.30. The van der Waals surface area contributed by atoms with E-state index in [1.165, 1.54) is 0 Å². The summed E-state index contributed by atoms with van der Waals surface area (Å²) in [4.78, 5) is 35.1. The quantitative estimate of drug-likeness (QED) is 0.738. The molecular formula is C18H23ClN2O5. The molecule has 2 atom stereocenters. The summed E-state index contributed by atoms with van der Waals surface area (Å²) in [5.74, 6) is -0.616. The molecule has 7 nitrogen and oxygen atoms in total. The second-order valence-electron chi connectivity index (χ2n) is 6.30. The van der Waals surface area contributed by atoms with Crippen LogP contribution in [0.3, 0.4) is 0 Å². The zero-order valence-electron chi connectivity index (χ0n) is 14.6. The zero-order chi connectivity index (χ0) is 18.9. The number of benzene rings is 1. The van der Waals surface area contributed by atoms with Crippen LogP contribution in [0.5, 0.6) is 5.75 Å². The monoisotopic (exact) mass is 382 g/mol. The van der Waals surface area contributed by atoms with E-state index in [-0.39, 0.29) is 12.6 Å². The van der Waals surface area contributed by atoms with Crippen LogP contribution < -0.4 is 15.4 Å². The number of halogens is 1. The van der Waals surface area contributed by atoms with Crippen molar-refractivity contribution in [3.05, 3.63) is 29.3 Å². The minimum absolute atomic E-state index is 0.0604. The van der Waals surface area contributed by atoms with Gasteiger partial charge in [-0.25, -0.2) is 9.59 Å². The van der Waals surface area contributed by atoms with Crippen molar-refractivity contribution in [1.29, 1.82) is 0 Å². The van der Waals surface area contributed by atoms with E-state index in [2.05, 4.69) is 17.6 Å². The number of carbonyl (C=O) groups is 3. The molecule has 0 aliphatic heterocycles. The van der Waals surface area contributed by atoms with Crippen molar-refractivity contribution in [2.24, 2.45) is 5.92 Å². The Labute approximate surface area is 157 Å². The number of carbonyl (C=O) groups excluding carboxylic acids is 3. The van der Waals surface area contributed by atoms with E-state index in [1.807, 2.05) is 0 Å². The Balaban J connectivity index is 1.64. The average molecular weight is 383 g/mol. The maximum Gasteiger partial charge on any atom is 0.344 e. The largest absolute Gasteiger partial charge is 0.482 e. The molecule has 0 unspecified atom stereocenters. The van der Waals surface area contributed by atoms with Gasteiger partial charge in [0.2, 0.25) is 0 Å². The highest BCUT2D eigenvalue weighted by atomic mass is 35.5. The lowest BCUT2D eigenvalue weighted by atomic mass is 9.86. The first-order chi connectivity index (χ1) is 12.4. The molecule has 0 bridgehead atoms. The first-order valence-electron chi connectivity index (χ1n) is 8.58. The van der Waals surface area contributed by atoms with Crippen molar-refractivity contribution in [3.8, 4) is 5.75 Å². The molecule has 1 aliphatic rings. The van der Waals surface area contributed by atoms with E-state index in [0.717, 1.165) is 25.7 Å². The number of urea groups is 1. The third-order valence-electron chi connectivity index (χ3n) is 4.20. The van der Waals surface area contributed by atoms with Crippen LogP contribution in [0.1, 0.15) is 32.6 Å². The Kier molecular flexibility index (Phi) is 7.72. The molecule has 142 valence electrons. The molecule has 1 fully saturated rings. The predicted molar refractivity (Wildman–Crippen MR) is 96.0 cm³/mol. The Morgan fingerprint density at radius 2 is 1.96 bits per heavy atom. The first kappa shape index (κ1) is 20.0. The van der Waals surface area contributed by atoms with Crippen LogP contribution in [-0.4, -0.2) is 37.2 Å². The van der Waals surface area contributed by atoms with Crippen LogP contribution in [0.4, 0.5) is 4.79 Å². The van der Waals surface area contributed by atoms with Crippen molar-refractivity contribution in [2.45, 2.75) is 38.6 Å². The van der Waals surface area contributed by atoms with Crippen molar-refractivity contribution in [2.75, 3.05) is 13.2 Å². The number of amides is 3. The van der Waals surface area contributed by atoms with Crippen molar-refractivity contribution in [3.63, 3.8) is 0 Å². The third kappa shape index (κ3) is 6.92. The molecule has 0 radical (unpaired) electrons. The lowest BCUT2D eigenvalue weighted by Gasteiger charge is -2.29. The summed E-state index contributed by atoms with van der Waals surface area (Å²) < 4.78 is 9.98. The van der Waals surface area contributed by atoms with Gasteiger partial charge < -0.3 is 14.8 Å². The molecule has 0 heterocycles. The summed E-state index contributed by atoms with van der Waals surface area (Å²) in [5, 5.41) is 5.43. The van der Waals surface area contributed by atoms with E-state index in [1.54, 1.807) is 24.3 Å². The van der Waals surface area contributed by atoms with Gasteiger partial charge in [-0.3, -0.25) is 10.1 Å². The summed E-state index contributed by atoms with van der Waals surface area (Å²) in [6.07, 6.45) is 4.18. The fraction of sp³-hybridized carbons (Fsp3) is 0.500. The molecule has 0 saturated heterocycles. The molecular weight excluding hydrogens is 360 g/mol. The van der Waals surface area contributed by atoms with Gasteiger partial charge in [0.1, 0.15) is 5.75 Å². The minimum Gasteiger partial charge on any atom is -0.482 e. The van der Waals surface area contributed by atoms with Crippen LogP contribution in [-0.2, 0) is 14.3 Å². The number of rotatable bonds is 6. The summed E-state index contributed by atoms with van der Waals surface area (Å²) >= 11 is 5.80. The van der Waals surface area contributed by atoms with E-state index >= 15 is 0 Å². The van der Waals surface area contributed by atoms with Crippen molar-refractivity contribution < 1.29 is 23.9 Å². The number of ether oxygens (including phenoxy) is 2. The van der Waals surface area contributed by atoms with Crippen LogP contribution in [0.2, 0.25) is 5.02 Å². The number of imide groups is 1. The van der Waals surface area contributed by atoms with Crippen molar-refractivity contribution in [1.82, 2.24) is 10.6 Å². The van der Waals surface area contributed by atoms with Gasteiger partial charge in [0.15, 0.2) is 13.2 Å². The highest BCUT2D eigenvalue weighted by Gasteiger charge is 2.23. The van der Waals surface area contributed by atoms with Crippen LogP contribution in [0, 0.1) is 5.92 Å². The normalized spacial score (nSPS) is 19.3. The van der Waals surface area contributed by atoms with Gasteiger partial charge >= 0.3 is 12.0 Å². The molecule has 1 aromatic rings.